The van der Waals surface area contributed by atoms with E-state index in [1.54, 1.807) is 17.0 Å². The monoisotopic (exact) mass is 333 g/mol. The van der Waals surface area contributed by atoms with Gasteiger partial charge in [-0.2, -0.15) is 0 Å². The molecule has 3 rings (SSSR count). The Morgan fingerprint density at radius 1 is 1.38 bits per heavy atom. The Balaban J connectivity index is 1.76. The number of amides is 1. The molecule has 1 saturated carbocycles. The molecule has 1 aliphatic carbocycles. The van der Waals surface area contributed by atoms with Crippen molar-refractivity contribution in [1.82, 2.24) is 4.90 Å². The van der Waals surface area contributed by atoms with E-state index in [2.05, 4.69) is 12.2 Å². The summed E-state index contributed by atoms with van der Waals surface area (Å²) in [5, 5.41) is 14.6. The van der Waals surface area contributed by atoms with Gasteiger partial charge in [0.25, 0.3) is 11.6 Å². The zero-order valence-corrected chi connectivity index (χ0v) is 13.9. The summed E-state index contributed by atoms with van der Waals surface area (Å²) in [5.41, 5.74) is 1.08. The third kappa shape index (κ3) is 3.51. The van der Waals surface area contributed by atoms with Gasteiger partial charge in [-0.05, 0) is 36.8 Å². The van der Waals surface area contributed by atoms with Crippen molar-refractivity contribution in [2.45, 2.75) is 26.2 Å². The number of nitrogens with one attached hydrogen (secondary N) is 1. The quantitative estimate of drug-likeness (QED) is 0.639. The fourth-order valence-corrected chi connectivity index (χ4v) is 3.03. The molecule has 1 N–H and O–H groups in total. The van der Waals surface area contributed by atoms with Gasteiger partial charge in [-0.3, -0.25) is 14.9 Å². The number of ether oxygens (including phenoxy) is 1. The second kappa shape index (κ2) is 6.76. The van der Waals surface area contributed by atoms with Gasteiger partial charge in [0.2, 0.25) is 0 Å². The Kier molecular flexibility index (Phi) is 4.71. The molecule has 1 saturated heterocycles. The summed E-state index contributed by atoms with van der Waals surface area (Å²) in [6.45, 7) is 4.94. The average molecular weight is 333 g/mol. The van der Waals surface area contributed by atoms with Crippen LogP contribution in [0, 0.1) is 15.5 Å². The summed E-state index contributed by atoms with van der Waals surface area (Å²) in [6.07, 6.45) is 3.40. The lowest BCUT2D eigenvalue weighted by molar-refractivity contribution is -0.384. The highest BCUT2D eigenvalue weighted by Gasteiger charge is 2.40. The van der Waals surface area contributed by atoms with Crippen LogP contribution in [-0.2, 0) is 4.74 Å². The van der Waals surface area contributed by atoms with Gasteiger partial charge >= 0.3 is 0 Å². The first-order valence-corrected chi connectivity index (χ1v) is 8.44. The van der Waals surface area contributed by atoms with Gasteiger partial charge < -0.3 is 15.0 Å². The second-order valence-corrected chi connectivity index (χ2v) is 6.60. The zero-order chi connectivity index (χ0) is 17.2. The van der Waals surface area contributed by atoms with Crippen LogP contribution in [0.1, 0.15) is 36.5 Å². The summed E-state index contributed by atoms with van der Waals surface area (Å²) in [5.74, 6) is -0.180. The molecule has 1 heterocycles. The van der Waals surface area contributed by atoms with Crippen LogP contribution >= 0.6 is 0 Å². The molecule has 130 valence electrons. The third-order valence-electron chi connectivity index (χ3n) is 5.10. The average Bonchev–Trinajstić information content (AvgIpc) is 3.40. The maximum atomic E-state index is 12.5. The van der Waals surface area contributed by atoms with Crippen molar-refractivity contribution < 1.29 is 14.5 Å². The smallest absolute Gasteiger partial charge is 0.293 e. The fraction of sp³-hybridized carbons (Fsp3) is 0.588. The van der Waals surface area contributed by atoms with Gasteiger partial charge in [0, 0.05) is 31.3 Å². The first kappa shape index (κ1) is 16.7. The van der Waals surface area contributed by atoms with E-state index in [4.69, 9.17) is 4.74 Å². The molecule has 1 aromatic rings. The number of rotatable bonds is 6. The molecular weight excluding hydrogens is 310 g/mol. The highest BCUT2D eigenvalue weighted by molar-refractivity contribution is 5.95. The van der Waals surface area contributed by atoms with Gasteiger partial charge in [-0.15, -0.1) is 0 Å². The summed E-state index contributed by atoms with van der Waals surface area (Å²) in [4.78, 5) is 25.1. The Bertz CT molecular complexity index is 637. The number of nitro benzene ring substituents is 1. The topological polar surface area (TPSA) is 84.7 Å². The number of anilines is 1. The number of nitrogens with zero attached hydrogens (tertiary/aromatic N) is 2. The minimum absolute atomic E-state index is 0.0407. The van der Waals surface area contributed by atoms with Gasteiger partial charge in [0.15, 0.2) is 0 Å². The van der Waals surface area contributed by atoms with Crippen LogP contribution in [0.5, 0.6) is 0 Å². The Morgan fingerprint density at radius 3 is 2.67 bits per heavy atom. The molecule has 7 heteroatoms. The van der Waals surface area contributed by atoms with Crippen molar-refractivity contribution >= 4 is 17.3 Å². The molecule has 0 unspecified atom stereocenters. The van der Waals surface area contributed by atoms with Crippen LogP contribution in [0.3, 0.4) is 0 Å². The normalized spacial score (nSPS) is 19.0. The van der Waals surface area contributed by atoms with E-state index < -0.39 is 4.92 Å². The van der Waals surface area contributed by atoms with Crippen molar-refractivity contribution in [2.24, 2.45) is 5.41 Å². The van der Waals surface area contributed by atoms with Crippen molar-refractivity contribution in [3.8, 4) is 0 Å². The Morgan fingerprint density at radius 2 is 2.08 bits per heavy atom. The van der Waals surface area contributed by atoms with E-state index in [1.807, 2.05) is 0 Å². The summed E-state index contributed by atoms with van der Waals surface area (Å²) >= 11 is 0. The lowest BCUT2D eigenvalue weighted by atomic mass is 10.0. The van der Waals surface area contributed by atoms with E-state index >= 15 is 0 Å². The fourth-order valence-electron chi connectivity index (χ4n) is 3.03. The largest absolute Gasteiger partial charge is 0.379 e. The predicted octanol–water partition coefficient (Wildman–Crippen LogP) is 2.67. The second-order valence-electron chi connectivity index (χ2n) is 6.60. The van der Waals surface area contributed by atoms with Gasteiger partial charge in [-0.1, -0.05) is 6.92 Å². The highest BCUT2D eigenvalue weighted by Crippen LogP contribution is 2.48. The molecule has 1 amide bonds. The first-order valence-electron chi connectivity index (χ1n) is 8.44. The molecule has 24 heavy (non-hydrogen) atoms. The van der Waals surface area contributed by atoms with E-state index in [0.717, 1.165) is 25.8 Å². The Labute approximate surface area is 141 Å². The number of carbonyl (C=O) groups excluding carboxylic acids is 1. The number of hydrogen-bond acceptors (Lipinski definition) is 5. The van der Waals surface area contributed by atoms with Crippen LogP contribution in [0.4, 0.5) is 11.4 Å². The van der Waals surface area contributed by atoms with E-state index in [1.165, 1.54) is 6.07 Å². The molecule has 0 spiro atoms. The molecule has 1 aromatic carbocycles. The number of nitro groups is 1. The number of morpholine rings is 1. The number of benzene rings is 1. The summed E-state index contributed by atoms with van der Waals surface area (Å²) in [7, 11) is 0. The molecule has 0 atom stereocenters. The van der Waals surface area contributed by atoms with Gasteiger partial charge in [-0.25, -0.2) is 0 Å². The minimum atomic E-state index is -0.427. The van der Waals surface area contributed by atoms with E-state index in [0.29, 0.717) is 37.6 Å². The molecule has 0 aromatic heterocycles. The summed E-state index contributed by atoms with van der Waals surface area (Å²) < 4.78 is 5.24. The van der Waals surface area contributed by atoms with Crippen LogP contribution in [0.25, 0.3) is 0 Å². The molecule has 1 aliphatic heterocycles. The van der Waals surface area contributed by atoms with Crippen LogP contribution in [-0.4, -0.2) is 48.6 Å². The molecule has 2 fully saturated rings. The number of hydrogen-bond donors (Lipinski definition) is 1. The van der Waals surface area contributed by atoms with Crippen molar-refractivity contribution in [1.29, 1.82) is 0 Å². The van der Waals surface area contributed by atoms with Gasteiger partial charge in [0.05, 0.1) is 18.1 Å². The molecule has 7 nitrogen and oxygen atoms in total. The highest BCUT2D eigenvalue weighted by atomic mass is 16.6. The molecular formula is C17H23N3O4. The first-order chi connectivity index (χ1) is 11.5. The van der Waals surface area contributed by atoms with E-state index in [9.17, 15) is 14.9 Å². The number of carbonyl (C=O) groups is 1. The van der Waals surface area contributed by atoms with Crippen molar-refractivity contribution in [3.63, 3.8) is 0 Å². The molecule has 2 aliphatic rings. The van der Waals surface area contributed by atoms with Crippen LogP contribution < -0.4 is 5.32 Å². The van der Waals surface area contributed by atoms with Crippen molar-refractivity contribution in [2.75, 3.05) is 38.2 Å². The zero-order valence-electron chi connectivity index (χ0n) is 13.9. The van der Waals surface area contributed by atoms with Crippen LogP contribution in [0.15, 0.2) is 18.2 Å². The molecule has 0 bridgehead atoms. The lowest BCUT2D eigenvalue weighted by Gasteiger charge is -2.26. The molecule has 0 radical (unpaired) electrons. The standard InChI is InChI=1S/C17H23N3O4/c1-2-17(5-6-17)12-18-14-4-3-13(11-15(14)20(22)23)16(21)19-7-9-24-10-8-19/h3-4,11,18H,2,5-10,12H2,1H3. The van der Waals surface area contributed by atoms with E-state index in [-0.39, 0.29) is 17.0 Å². The maximum absolute atomic E-state index is 12.5. The SMILES string of the molecule is CCC1(CNc2ccc(C(=O)N3CCOCC3)cc2[N+](=O)[O-])CC1. The maximum Gasteiger partial charge on any atom is 0.293 e. The van der Waals surface area contributed by atoms with Gasteiger partial charge in [0.1, 0.15) is 5.69 Å². The van der Waals surface area contributed by atoms with Crippen molar-refractivity contribution in [3.05, 3.63) is 33.9 Å². The summed E-state index contributed by atoms with van der Waals surface area (Å²) in [6, 6.07) is 4.70. The predicted molar refractivity (Wildman–Crippen MR) is 90.3 cm³/mol. The minimum Gasteiger partial charge on any atom is -0.379 e. The lowest BCUT2D eigenvalue weighted by Crippen LogP contribution is -2.40. The van der Waals surface area contributed by atoms with Crippen LogP contribution in [0.2, 0.25) is 0 Å². The third-order valence-corrected chi connectivity index (χ3v) is 5.10. The Hall–Kier alpha value is -2.15.